The lowest BCUT2D eigenvalue weighted by atomic mass is 10.6. The highest BCUT2D eigenvalue weighted by Gasteiger charge is 1.96. The smallest absolute Gasteiger partial charge is 0.137 e. The number of hydrogen-bond donors (Lipinski definition) is 0. The van der Waals surface area contributed by atoms with Crippen LogP contribution in [0.5, 0.6) is 0 Å². The van der Waals surface area contributed by atoms with E-state index >= 15 is 0 Å². The molecule has 0 aromatic carbocycles. The molecule has 50 valence electrons. The van der Waals surface area contributed by atoms with Crippen LogP contribution >= 0.6 is 22.2 Å². The van der Waals surface area contributed by atoms with Crippen LogP contribution in [0.1, 0.15) is 6.42 Å². The van der Waals surface area contributed by atoms with Crippen LogP contribution in [0.4, 0.5) is 0 Å². The van der Waals surface area contributed by atoms with Gasteiger partial charge in [-0.05, 0) is 12.1 Å². The predicted molar refractivity (Wildman–Crippen MR) is 47.5 cm³/mol. The van der Waals surface area contributed by atoms with Crippen LogP contribution in [0.2, 0.25) is 18.6 Å². The molecule has 0 N–H and O–H groups in total. The topological polar surface area (TPSA) is 0 Å². The van der Waals surface area contributed by atoms with Gasteiger partial charge in [0.2, 0.25) is 0 Å². The molecule has 1 atom stereocenters. The third-order valence-corrected chi connectivity index (χ3v) is 4.41. The average Bonchev–Trinajstić information content (AvgIpc) is 1.66. The van der Waals surface area contributed by atoms with Gasteiger partial charge in [-0.3, -0.25) is 0 Å². The van der Waals surface area contributed by atoms with Gasteiger partial charge in [-0.1, -0.05) is 13.0 Å². The van der Waals surface area contributed by atoms with Crippen molar-refractivity contribution in [2.75, 3.05) is 0 Å². The first-order valence-electron chi connectivity index (χ1n) is 2.97. The lowest BCUT2D eigenvalue weighted by molar-refractivity contribution is 1.06. The van der Waals surface area contributed by atoms with E-state index in [1.165, 1.54) is 18.5 Å². The Labute approximate surface area is 64.4 Å². The molecule has 1 unspecified atom stereocenters. The quantitative estimate of drug-likeness (QED) is 0.357. The van der Waals surface area contributed by atoms with Gasteiger partial charge in [0.15, 0.2) is 0 Å². The molecular weight excluding hydrogens is 175 g/mol. The van der Waals surface area contributed by atoms with Gasteiger partial charge in [-0.15, -0.1) is 0 Å². The second-order valence-electron chi connectivity index (χ2n) is 1.97. The Bertz CT molecular complexity index is 49.3. The molecular formula is C4H12Cl2Si2. The molecule has 0 amide bonds. The third-order valence-electron chi connectivity index (χ3n) is 0.986. The number of rotatable bonds is 4. The minimum Gasteiger partial charge on any atom is -0.176 e. The van der Waals surface area contributed by atoms with Crippen LogP contribution < -0.4 is 0 Å². The van der Waals surface area contributed by atoms with E-state index in [9.17, 15) is 0 Å². The van der Waals surface area contributed by atoms with Crippen LogP contribution in [-0.2, 0) is 0 Å². The normalized spacial score (nSPS) is 15.4. The van der Waals surface area contributed by atoms with Crippen LogP contribution in [0.15, 0.2) is 0 Å². The molecule has 0 nitrogen and oxygen atoms in total. The Morgan fingerprint density at radius 1 is 1.62 bits per heavy atom. The zero-order valence-electron chi connectivity index (χ0n) is 5.16. The molecule has 0 spiro atoms. The Hall–Kier alpha value is 1.01. The minimum atomic E-state index is -0.766. The largest absolute Gasteiger partial charge is 0.176 e. The molecule has 0 fully saturated rings. The molecule has 0 heterocycles. The van der Waals surface area contributed by atoms with Crippen molar-refractivity contribution in [3.8, 4) is 0 Å². The van der Waals surface area contributed by atoms with Crippen LogP contribution in [0.25, 0.3) is 0 Å². The maximum atomic E-state index is 5.82. The lowest BCUT2D eigenvalue weighted by Crippen LogP contribution is -1.94. The zero-order valence-corrected chi connectivity index (χ0v) is 9.24. The molecule has 0 aliphatic heterocycles. The summed E-state index contributed by atoms with van der Waals surface area (Å²) in [4.78, 5) is 0. The Morgan fingerprint density at radius 2 is 2.25 bits per heavy atom. The van der Waals surface area contributed by atoms with Crippen LogP contribution in [0, 0.1) is 0 Å². The summed E-state index contributed by atoms with van der Waals surface area (Å²) >= 11 is 11.4. The van der Waals surface area contributed by atoms with E-state index < -0.39 is 8.11 Å². The van der Waals surface area contributed by atoms with Crippen LogP contribution in [0.3, 0.4) is 0 Å². The first kappa shape index (κ1) is 9.01. The highest BCUT2D eigenvalue weighted by atomic mass is 35.6. The van der Waals surface area contributed by atoms with Gasteiger partial charge in [0.05, 0.1) is 0 Å². The highest BCUT2D eigenvalue weighted by Crippen LogP contribution is 2.04. The molecule has 0 radical (unpaired) electrons. The fraction of sp³-hybridized carbons (Fsp3) is 1.00. The molecule has 0 rings (SSSR count). The molecule has 0 aromatic heterocycles. The molecule has 0 bridgehead atoms. The maximum Gasteiger partial charge on any atom is 0.137 e. The van der Waals surface area contributed by atoms with Crippen molar-refractivity contribution >= 4 is 39.1 Å². The Morgan fingerprint density at radius 3 is 2.62 bits per heavy atom. The van der Waals surface area contributed by atoms with E-state index in [1.54, 1.807) is 0 Å². The minimum absolute atomic E-state index is 0.193. The molecule has 4 heteroatoms. The van der Waals surface area contributed by atoms with E-state index in [0.29, 0.717) is 0 Å². The summed E-state index contributed by atoms with van der Waals surface area (Å²) in [6, 6.07) is 2.53. The van der Waals surface area contributed by atoms with Gasteiger partial charge in [0, 0.05) is 0 Å². The summed E-state index contributed by atoms with van der Waals surface area (Å²) in [6.07, 6.45) is 1.28. The number of hydrogen-bond acceptors (Lipinski definition) is 0. The third kappa shape index (κ3) is 7.01. The average molecular weight is 187 g/mol. The summed E-state index contributed by atoms with van der Waals surface area (Å²) < 4.78 is 0. The summed E-state index contributed by atoms with van der Waals surface area (Å²) in [5.41, 5.74) is 0. The molecule has 0 aromatic rings. The summed E-state index contributed by atoms with van der Waals surface area (Å²) in [5, 5.41) is 0. The predicted octanol–water partition coefficient (Wildman–Crippen LogP) is 1.71. The van der Waals surface area contributed by atoms with E-state index in [1.807, 2.05) is 0 Å². The first-order chi connectivity index (χ1) is 3.77. The van der Waals surface area contributed by atoms with Crippen molar-refractivity contribution in [2.24, 2.45) is 0 Å². The Balaban J connectivity index is 2.72. The van der Waals surface area contributed by atoms with Gasteiger partial charge < -0.3 is 0 Å². The lowest BCUT2D eigenvalue weighted by Gasteiger charge is -1.95. The van der Waals surface area contributed by atoms with Crippen molar-refractivity contribution in [3.05, 3.63) is 0 Å². The zero-order chi connectivity index (χ0) is 6.41. The molecule has 0 saturated carbocycles. The molecule has 0 saturated heterocycles. The SMILES string of the molecule is C[SiH](Cl)CCC[SiH2]Cl. The Kier molecular flexibility index (Phi) is 6.92. The summed E-state index contributed by atoms with van der Waals surface area (Å²) in [7, 11) is -0.959. The van der Waals surface area contributed by atoms with E-state index in [4.69, 9.17) is 22.2 Å². The highest BCUT2D eigenvalue weighted by molar-refractivity contribution is 7.06. The standard InChI is InChI=1S/C4H12Cl2Si2/c1-8(6)4-2-3-7-5/h8H,2-4,7H2,1H3. The van der Waals surface area contributed by atoms with Crippen molar-refractivity contribution in [3.63, 3.8) is 0 Å². The second kappa shape index (κ2) is 6.14. The van der Waals surface area contributed by atoms with Crippen molar-refractivity contribution < 1.29 is 0 Å². The fourth-order valence-corrected chi connectivity index (χ4v) is 3.46. The van der Waals surface area contributed by atoms with E-state index in [2.05, 4.69) is 6.55 Å². The van der Waals surface area contributed by atoms with E-state index in [0.717, 1.165) is 0 Å². The van der Waals surface area contributed by atoms with Gasteiger partial charge in [-0.25, -0.2) is 0 Å². The van der Waals surface area contributed by atoms with Crippen LogP contribution in [-0.4, -0.2) is 16.9 Å². The van der Waals surface area contributed by atoms with Crippen molar-refractivity contribution in [1.82, 2.24) is 0 Å². The maximum absolute atomic E-state index is 5.82. The van der Waals surface area contributed by atoms with Gasteiger partial charge >= 0.3 is 0 Å². The van der Waals surface area contributed by atoms with Crippen molar-refractivity contribution in [2.45, 2.75) is 25.1 Å². The fourth-order valence-electron chi connectivity index (χ4n) is 0.520. The monoisotopic (exact) mass is 186 g/mol. The van der Waals surface area contributed by atoms with Crippen molar-refractivity contribution in [1.29, 1.82) is 0 Å². The summed E-state index contributed by atoms with van der Waals surface area (Å²) in [6.45, 7) is 2.16. The van der Waals surface area contributed by atoms with E-state index in [-0.39, 0.29) is 8.83 Å². The first-order valence-corrected chi connectivity index (χ1v) is 9.83. The number of halogens is 2. The summed E-state index contributed by atoms with van der Waals surface area (Å²) in [5.74, 6) is 0. The van der Waals surface area contributed by atoms with Gasteiger partial charge in [0.25, 0.3) is 0 Å². The van der Waals surface area contributed by atoms with Gasteiger partial charge in [-0.2, -0.15) is 22.2 Å². The molecule has 0 aliphatic carbocycles. The molecule has 8 heavy (non-hydrogen) atoms. The molecule has 0 aliphatic rings. The van der Waals surface area contributed by atoms with Gasteiger partial charge in [0.1, 0.15) is 16.9 Å². The second-order valence-corrected chi connectivity index (χ2v) is 8.56.